The molecule has 0 spiro atoms. The fraction of sp³-hybridized carbons (Fsp3) is 0.750. The summed E-state index contributed by atoms with van der Waals surface area (Å²) in [6.07, 6.45) is 0.578. The zero-order valence-electron chi connectivity index (χ0n) is 6.55. The average molecular weight is 151 g/mol. The van der Waals surface area contributed by atoms with Crippen molar-refractivity contribution in [2.75, 3.05) is 0 Å². The molecule has 2 fully saturated rings. The standard InChI is InChI=1S/C8H9NO2/c1-7(2)3-5-8(4-9,11-5)6(7)10/h5H,3H2,1-2H3. The van der Waals surface area contributed by atoms with Crippen LogP contribution in [0.1, 0.15) is 20.3 Å². The third-order valence-electron chi connectivity index (χ3n) is 2.54. The van der Waals surface area contributed by atoms with Gasteiger partial charge in [0.2, 0.25) is 5.60 Å². The van der Waals surface area contributed by atoms with E-state index >= 15 is 0 Å². The second kappa shape index (κ2) is 1.49. The Kier molecular flexibility index (Phi) is 0.919. The second-order valence-electron chi connectivity index (χ2n) is 3.87. The molecule has 11 heavy (non-hydrogen) atoms. The molecule has 0 N–H and O–H groups in total. The van der Waals surface area contributed by atoms with Gasteiger partial charge >= 0.3 is 0 Å². The van der Waals surface area contributed by atoms with Gasteiger partial charge in [-0.15, -0.1) is 0 Å². The Morgan fingerprint density at radius 2 is 2.36 bits per heavy atom. The molecule has 3 heteroatoms. The summed E-state index contributed by atoms with van der Waals surface area (Å²) in [4.78, 5) is 11.5. The summed E-state index contributed by atoms with van der Waals surface area (Å²) in [6.45, 7) is 3.73. The summed E-state index contributed by atoms with van der Waals surface area (Å²) in [7, 11) is 0. The SMILES string of the molecule is CC1(C)CC2OC2(C#N)C1=O. The molecule has 1 saturated carbocycles. The van der Waals surface area contributed by atoms with Gasteiger partial charge in [-0.2, -0.15) is 5.26 Å². The van der Waals surface area contributed by atoms with Gasteiger partial charge in [0.15, 0.2) is 5.78 Å². The molecule has 3 nitrogen and oxygen atoms in total. The fourth-order valence-corrected chi connectivity index (χ4v) is 1.78. The lowest BCUT2D eigenvalue weighted by Gasteiger charge is -2.16. The summed E-state index contributed by atoms with van der Waals surface area (Å²) in [5, 5.41) is 8.67. The van der Waals surface area contributed by atoms with Crippen molar-refractivity contribution in [3.8, 4) is 6.07 Å². The summed E-state index contributed by atoms with van der Waals surface area (Å²) < 4.78 is 5.03. The van der Waals surface area contributed by atoms with Crippen molar-refractivity contribution in [2.45, 2.75) is 32.0 Å². The minimum Gasteiger partial charge on any atom is -0.343 e. The molecule has 0 aromatic heterocycles. The van der Waals surface area contributed by atoms with E-state index in [4.69, 9.17) is 10.00 Å². The lowest BCUT2D eigenvalue weighted by atomic mass is 9.88. The van der Waals surface area contributed by atoms with Crippen LogP contribution in [0.5, 0.6) is 0 Å². The molecular weight excluding hydrogens is 142 g/mol. The monoisotopic (exact) mass is 151 g/mol. The first-order valence-electron chi connectivity index (χ1n) is 3.67. The zero-order valence-corrected chi connectivity index (χ0v) is 6.55. The van der Waals surface area contributed by atoms with Crippen LogP contribution in [-0.2, 0) is 9.53 Å². The predicted octanol–water partition coefficient (Wildman–Crippen LogP) is 0.647. The van der Waals surface area contributed by atoms with Crippen molar-refractivity contribution in [3.05, 3.63) is 0 Å². The van der Waals surface area contributed by atoms with E-state index in [0.29, 0.717) is 6.42 Å². The number of nitrogens with zero attached hydrogens (tertiary/aromatic N) is 1. The van der Waals surface area contributed by atoms with Crippen LogP contribution in [0.25, 0.3) is 0 Å². The molecule has 0 aromatic carbocycles. The van der Waals surface area contributed by atoms with Gasteiger partial charge < -0.3 is 4.74 Å². The molecule has 2 aliphatic rings. The number of nitriles is 1. The smallest absolute Gasteiger partial charge is 0.239 e. The van der Waals surface area contributed by atoms with E-state index in [0.717, 1.165) is 0 Å². The normalized spacial score (nSPS) is 44.8. The molecule has 1 heterocycles. The molecule has 2 rings (SSSR count). The van der Waals surface area contributed by atoms with E-state index in [1.807, 2.05) is 19.9 Å². The van der Waals surface area contributed by atoms with Crippen LogP contribution < -0.4 is 0 Å². The first-order valence-corrected chi connectivity index (χ1v) is 3.67. The summed E-state index contributed by atoms with van der Waals surface area (Å²) in [5.74, 6) is -0.0440. The Morgan fingerprint density at radius 3 is 2.64 bits per heavy atom. The Morgan fingerprint density at radius 1 is 1.73 bits per heavy atom. The van der Waals surface area contributed by atoms with Crippen LogP contribution >= 0.6 is 0 Å². The minimum atomic E-state index is -1.04. The maximum absolute atomic E-state index is 11.5. The lowest BCUT2D eigenvalue weighted by molar-refractivity contribution is -0.130. The van der Waals surface area contributed by atoms with Gasteiger partial charge in [0.05, 0.1) is 0 Å². The molecule has 0 amide bonds. The number of Topliss-reactive ketones (excluding diaryl/α,β-unsaturated/α-hetero) is 1. The van der Waals surface area contributed by atoms with E-state index in [1.54, 1.807) is 0 Å². The van der Waals surface area contributed by atoms with Crippen LogP contribution in [-0.4, -0.2) is 17.5 Å². The van der Waals surface area contributed by atoms with Crippen molar-refractivity contribution in [2.24, 2.45) is 5.41 Å². The number of rotatable bonds is 0. The second-order valence-corrected chi connectivity index (χ2v) is 3.87. The number of hydrogen-bond donors (Lipinski definition) is 0. The molecular formula is C8H9NO2. The van der Waals surface area contributed by atoms with Gasteiger partial charge in [-0.1, -0.05) is 13.8 Å². The predicted molar refractivity (Wildman–Crippen MR) is 36.6 cm³/mol. The van der Waals surface area contributed by atoms with Crippen molar-refractivity contribution in [1.29, 1.82) is 5.26 Å². The molecule has 1 aliphatic carbocycles. The zero-order chi connectivity index (χ0) is 8.28. The number of hydrogen-bond acceptors (Lipinski definition) is 3. The van der Waals surface area contributed by atoms with Crippen LogP contribution in [0.3, 0.4) is 0 Å². The van der Waals surface area contributed by atoms with Crippen LogP contribution in [0.2, 0.25) is 0 Å². The molecule has 58 valence electrons. The quantitative estimate of drug-likeness (QED) is 0.477. The van der Waals surface area contributed by atoms with Gasteiger partial charge in [-0.25, -0.2) is 0 Å². The highest BCUT2D eigenvalue weighted by molar-refractivity contribution is 6.00. The fourth-order valence-electron chi connectivity index (χ4n) is 1.78. The van der Waals surface area contributed by atoms with E-state index < -0.39 is 5.60 Å². The van der Waals surface area contributed by atoms with Crippen molar-refractivity contribution < 1.29 is 9.53 Å². The van der Waals surface area contributed by atoms with E-state index in [9.17, 15) is 4.79 Å². The summed E-state index contributed by atoms with van der Waals surface area (Å²) in [6, 6.07) is 1.95. The molecule has 1 saturated heterocycles. The molecule has 0 aromatic rings. The average Bonchev–Trinajstić information content (AvgIpc) is 2.56. The third-order valence-corrected chi connectivity index (χ3v) is 2.54. The van der Waals surface area contributed by atoms with Crippen molar-refractivity contribution in [1.82, 2.24) is 0 Å². The summed E-state index contributed by atoms with van der Waals surface area (Å²) >= 11 is 0. The molecule has 0 bridgehead atoms. The first-order chi connectivity index (χ1) is 5.03. The summed E-state index contributed by atoms with van der Waals surface area (Å²) in [5.41, 5.74) is -1.39. The molecule has 1 aliphatic heterocycles. The van der Waals surface area contributed by atoms with Gasteiger partial charge in [0.25, 0.3) is 0 Å². The maximum atomic E-state index is 11.5. The number of carbonyl (C=O) groups excluding carboxylic acids is 1. The van der Waals surface area contributed by atoms with Gasteiger partial charge in [0, 0.05) is 5.41 Å². The van der Waals surface area contributed by atoms with E-state index in [-0.39, 0.29) is 17.3 Å². The molecule has 2 atom stereocenters. The topological polar surface area (TPSA) is 53.4 Å². The van der Waals surface area contributed by atoms with Crippen molar-refractivity contribution in [3.63, 3.8) is 0 Å². The number of ether oxygens (including phenoxy) is 1. The number of ketones is 1. The Hall–Kier alpha value is -0.880. The van der Waals surface area contributed by atoms with Gasteiger partial charge in [-0.3, -0.25) is 4.79 Å². The Labute approximate surface area is 64.9 Å². The van der Waals surface area contributed by atoms with Crippen LogP contribution in [0.4, 0.5) is 0 Å². The van der Waals surface area contributed by atoms with E-state index in [1.165, 1.54) is 0 Å². The third kappa shape index (κ3) is 0.585. The van der Waals surface area contributed by atoms with Crippen LogP contribution in [0, 0.1) is 16.7 Å². The number of epoxide rings is 1. The van der Waals surface area contributed by atoms with Crippen molar-refractivity contribution >= 4 is 5.78 Å². The number of fused-ring (bicyclic) bond motifs is 1. The molecule has 0 radical (unpaired) electrons. The number of carbonyl (C=O) groups is 1. The lowest BCUT2D eigenvalue weighted by Crippen LogP contribution is -2.30. The Bertz CT molecular complexity index is 276. The Balaban J connectivity index is 2.38. The first kappa shape index (κ1) is 6.81. The highest BCUT2D eigenvalue weighted by Gasteiger charge is 2.72. The minimum absolute atomic E-state index is 0.0440. The maximum Gasteiger partial charge on any atom is 0.239 e. The van der Waals surface area contributed by atoms with Gasteiger partial charge in [0.1, 0.15) is 12.2 Å². The largest absolute Gasteiger partial charge is 0.343 e. The van der Waals surface area contributed by atoms with E-state index in [2.05, 4.69) is 0 Å². The highest BCUT2D eigenvalue weighted by atomic mass is 16.6. The highest BCUT2D eigenvalue weighted by Crippen LogP contribution is 2.54. The van der Waals surface area contributed by atoms with Gasteiger partial charge in [-0.05, 0) is 6.42 Å². The molecule has 2 unspecified atom stereocenters. The van der Waals surface area contributed by atoms with Crippen LogP contribution in [0.15, 0.2) is 0 Å².